The maximum Gasteiger partial charge on any atom is 0.274 e. The van der Waals surface area contributed by atoms with Crippen LogP contribution in [0, 0.1) is 13.8 Å². The van der Waals surface area contributed by atoms with E-state index in [0.717, 1.165) is 21.4 Å². The first kappa shape index (κ1) is 17.1. The highest BCUT2D eigenvalue weighted by Gasteiger charge is 2.12. The summed E-state index contributed by atoms with van der Waals surface area (Å²) >= 11 is 3.44. The molecule has 0 unspecified atom stereocenters. The van der Waals surface area contributed by atoms with Crippen molar-refractivity contribution in [2.45, 2.75) is 13.8 Å². The third-order valence-electron chi connectivity index (χ3n) is 3.55. The van der Waals surface area contributed by atoms with Crippen LogP contribution < -0.4 is 10.6 Å². The van der Waals surface area contributed by atoms with Crippen LogP contribution in [0.25, 0.3) is 0 Å². The summed E-state index contributed by atoms with van der Waals surface area (Å²) in [6.07, 6.45) is 0. The molecular weight excluding hydrogens is 380 g/mol. The molecule has 1 heterocycles. The van der Waals surface area contributed by atoms with Crippen molar-refractivity contribution in [3.05, 3.63) is 76.0 Å². The summed E-state index contributed by atoms with van der Waals surface area (Å²) in [5.41, 5.74) is 3.69. The van der Waals surface area contributed by atoms with Gasteiger partial charge >= 0.3 is 0 Å². The molecule has 126 valence electrons. The number of nitrogens with zero attached hydrogens (tertiary/aromatic N) is 2. The molecule has 5 nitrogen and oxygen atoms in total. The lowest BCUT2D eigenvalue weighted by atomic mass is 10.2. The average molecular weight is 397 g/mol. The van der Waals surface area contributed by atoms with Crippen LogP contribution in [0.4, 0.5) is 17.3 Å². The number of carbonyl (C=O) groups is 1. The zero-order valence-corrected chi connectivity index (χ0v) is 15.5. The molecule has 1 amide bonds. The highest BCUT2D eigenvalue weighted by Crippen LogP contribution is 2.22. The lowest BCUT2D eigenvalue weighted by molar-refractivity contribution is 0.102. The molecule has 2 aromatic carbocycles. The number of nitrogens with one attached hydrogen (secondary N) is 2. The average Bonchev–Trinajstić information content (AvgIpc) is 2.58. The van der Waals surface area contributed by atoms with Crippen molar-refractivity contribution >= 4 is 39.2 Å². The first-order valence-corrected chi connectivity index (χ1v) is 8.56. The summed E-state index contributed by atoms with van der Waals surface area (Å²) in [4.78, 5) is 21.2. The molecule has 0 aliphatic carbocycles. The zero-order valence-electron chi connectivity index (χ0n) is 13.9. The highest BCUT2D eigenvalue weighted by atomic mass is 79.9. The van der Waals surface area contributed by atoms with E-state index in [9.17, 15) is 4.79 Å². The summed E-state index contributed by atoms with van der Waals surface area (Å²) < 4.78 is 1.00. The number of para-hydroxylation sites is 1. The Morgan fingerprint density at radius 3 is 2.48 bits per heavy atom. The van der Waals surface area contributed by atoms with Gasteiger partial charge in [0.15, 0.2) is 0 Å². The first-order valence-electron chi connectivity index (χ1n) is 7.76. The van der Waals surface area contributed by atoms with Crippen LogP contribution in [0.1, 0.15) is 21.7 Å². The normalized spacial score (nSPS) is 10.4. The van der Waals surface area contributed by atoms with Crippen LogP contribution >= 0.6 is 15.9 Å². The van der Waals surface area contributed by atoms with Crippen LogP contribution in [0.15, 0.2) is 59.1 Å². The summed E-state index contributed by atoms with van der Waals surface area (Å²) in [5, 5.41) is 6.01. The van der Waals surface area contributed by atoms with Gasteiger partial charge in [-0.2, -0.15) is 0 Å². The van der Waals surface area contributed by atoms with Crippen LogP contribution in [0.2, 0.25) is 0 Å². The second-order valence-corrected chi connectivity index (χ2v) is 6.54. The Bertz CT molecular complexity index is 913. The van der Waals surface area contributed by atoms with Gasteiger partial charge in [-0.25, -0.2) is 9.97 Å². The topological polar surface area (TPSA) is 66.9 Å². The largest absolute Gasteiger partial charge is 0.324 e. The number of halogens is 1. The van der Waals surface area contributed by atoms with Crippen molar-refractivity contribution in [1.82, 2.24) is 9.97 Å². The second kappa shape index (κ2) is 7.44. The Kier molecular flexibility index (Phi) is 5.09. The monoisotopic (exact) mass is 396 g/mol. The number of aryl methyl sites for hydroxylation is 2. The molecule has 2 N–H and O–H groups in total. The lowest BCUT2D eigenvalue weighted by Gasteiger charge is -2.11. The number of rotatable bonds is 4. The van der Waals surface area contributed by atoms with Gasteiger partial charge in [-0.1, -0.05) is 34.1 Å². The summed E-state index contributed by atoms with van der Waals surface area (Å²) in [5.74, 6) is 0.121. The van der Waals surface area contributed by atoms with Crippen molar-refractivity contribution in [3.8, 4) is 0 Å². The fourth-order valence-corrected chi connectivity index (χ4v) is 2.82. The molecule has 3 rings (SSSR count). The van der Waals surface area contributed by atoms with Gasteiger partial charge in [0.1, 0.15) is 5.69 Å². The SMILES string of the molecule is Cc1cc(C(=O)Nc2ccccc2)nc(Nc2ccc(Br)cc2C)n1. The molecule has 0 aliphatic rings. The second-order valence-electron chi connectivity index (χ2n) is 5.62. The van der Waals surface area contributed by atoms with Crippen LogP contribution in [-0.4, -0.2) is 15.9 Å². The van der Waals surface area contributed by atoms with E-state index >= 15 is 0 Å². The minimum atomic E-state index is -0.271. The third-order valence-corrected chi connectivity index (χ3v) is 4.05. The van der Waals surface area contributed by atoms with Gasteiger partial charge in [-0.15, -0.1) is 0 Å². The molecule has 1 aromatic heterocycles. The van der Waals surface area contributed by atoms with E-state index in [-0.39, 0.29) is 5.91 Å². The number of aromatic nitrogens is 2. The van der Waals surface area contributed by atoms with Crippen LogP contribution in [0.5, 0.6) is 0 Å². The van der Waals surface area contributed by atoms with Gasteiger partial charge in [0.05, 0.1) is 0 Å². The van der Waals surface area contributed by atoms with Crippen molar-refractivity contribution in [2.24, 2.45) is 0 Å². The summed E-state index contributed by atoms with van der Waals surface area (Å²) in [6, 6.07) is 16.8. The Balaban J connectivity index is 1.84. The third kappa shape index (κ3) is 4.42. The minimum absolute atomic E-state index is 0.271. The number of carbonyl (C=O) groups excluding carboxylic acids is 1. The van der Waals surface area contributed by atoms with Gasteiger partial charge in [-0.05, 0) is 55.8 Å². The molecule has 3 aromatic rings. The number of amides is 1. The lowest BCUT2D eigenvalue weighted by Crippen LogP contribution is -2.15. The fourth-order valence-electron chi connectivity index (χ4n) is 2.35. The first-order chi connectivity index (χ1) is 12.0. The van der Waals surface area contributed by atoms with Crippen LogP contribution in [0.3, 0.4) is 0 Å². The summed E-state index contributed by atoms with van der Waals surface area (Å²) in [6.45, 7) is 3.83. The number of anilines is 3. The molecule has 0 radical (unpaired) electrons. The molecule has 0 fully saturated rings. The van der Waals surface area contributed by atoms with Crippen molar-refractivity contribution < 1.29 is 4.79 Å². The van der Waals surface area contributed by atoms with E-state index in [1.54, 1.807) is 6.07 Å². The Hall–Kier alpha value is -2.73. The van der Waals surface area contributed by atoms with Crippen LogP contribution in [-0.2, 0) is 0 Å². The highest BCUT2D eigenvalue weighted by molar-refractivity contribution is 9.10. The molecule has 0 spiro atoms. The van der Waals surface area contributed by atoms with E-state index in [4.69, 9.17) is 0 Å². The predicted octanol–water partition coefficient (Wildman–Crippen LogP) is 4.85. The fraction of sp³-hybridized carbons (Fsp3) is 0.105. The Morgan fingerprint density at radius 2 is 1.76 bits per heavy atom. The van der Waals surface area contributed by atoms with E-state index in [1.165, 1.54) is 0 Å². The number of hydrogen-bond acceptors (Lipinski definition) is 4. The van der Waals surface area contributed by atoms with Crippen molar-refractivity contribution in [3.63, 3.8) is 0 Å². The molecule has 0 saturated carbocycles. The van der Waals surface area contributed by atoms with E-state index in [2.05, 4.69) is 36.5 Å². The Labute approximate surface area is 154 Å². The molecule has 6 heteroatoms. The molecule has 0 bridgehead atoms. The molecule has 0 atom stereocenters. The van der Waals surface area contributed by atoms with Crippen molar-refractivity contribution in [2.75, 3.05) is 10.6 Å². The smallest absolute Gasteiger partial charge is 0.274 e. The number of hydrogen-bond donors (Lipinski definition) is 2. The Morgan fingerprint density at radius 1 is 1.00 bits per heavy atom. The molecule has 25 heavy (non-hydrogen) atoms. The van der Waals surface area contributed by atoms with Crippen molar-refractivity contribution in [1.29, 1.82) is 0 Å². The van der Waals surface area contributed by atoms with Gasteiger partial charge < -0.3 is 10.6 Å². The maximum absolute atomic E-state index is 12.4. The van der Waals surface area contributed by atoms with Gasteiger partial charge in [0, 0.05) is 21.5 Å². The van der Waals surface area contributed by atoms with E-state index in [1.807, 2.05) is 62.4 Å². The molecular formula is C19H17BrN4O. The summed E-state index contributed by atoms with van der Waals surface area (Å²) in [7, 11) is 0. The molecule has 0 aliphatic heterocycles. The standard InChI is InChI=1S/C19H17BrN4O/c1-12-10-14(20)8-9-16(12)23-19-21-13(2)11-17(24-19)18(25)22-15-6-4-3-5-7-15/h3-11H,1-2H3,(H,22,25)(H,21,23,24). The predicted molar refractivity (Wildman–Crippen MR) is 103 cm³/mol. The van der Waals surface area contributed by atoms with Gasteiger partial charge in [0.25, 0.3) is 5.91 Å². The number of benzene rings is 2. The van der Waals surface area contributed by atoms with Gasteiger partial charge in [-0.3, -0.25) is 4.79 Å². The maximum atomic E-state index is 12.4. The van der Waals surface area contributed by atoms with E-state index < -0.39 is 0 Å². The van der Waals surface area contributed by atoms with Gasteiger partial charge in [0.2, 0.25) is 5.95 Å². The van der Waals surface area contributed by atoms with E-state index in [0.29, 0.717) is 17.3 Å². The quantitative estimate of drug-likeness (QED) is 0.661. The minimum Gasteiger partial charge on any atom is -0.324 e. The zero-order chi connectivity index (χ0) is 17.8. The molecule has 0 saturated heterocycles.